The number of nitrogens with one attached hydrogen (secondary N) is 2. The largest absolute Gasteiger partial charge is 0.382 e. The summed E-state index contributed by atoms with van der Waals surface area (Å²) in [6.45, 7) is 5.29. The minimum Gasteiger partial charge on any atom is -0.382 e. The normalized spacial score (nSPS) is 16.0. The van der Waals surface area contributed by atoms with Crippen LogP contribution in [0.25, 0.3) is 0 Å². The summed E-state index contributed by atoms with van der Waals surface area (Å²) < 4.78 is 5.61. The molecule has 0 radical (unpaired) electrons. The Kier molecular flexibility index (Phi) is 9.28. The van der Waals surface area contributed by atoms with Gasteiger partial charge in [0, 0.05) is 33.9 Å². The number of benzene rings is 1. The highest BCUT2D eigenvalue weighted by Gasteiger charge is 2.33. The summed E-state index contributed by atoms with van der Waals surface area (Å²) in [5.74, 6) is 0.725. The van der Waals surface area contributed by atoms with Crippen LogP contribution >= 0.6 is 0 Å². The van der Waals surface area contributed by atoms with Crippen LogP contribution in [0.1, 0.15) is 44.6 Å². The molecule has 1 amide bonds. The lowest BCUT2D eigenvalue weighted by Gasteiger charge is -2.30. The topological polar surface area (TPSA) is 66.0 Å². The lowest BCUT2D eigenvalue weighted by atomic mass is 9.83. The van der Waals surface area contributed by atoms with Gasteiger partial charge in [-0.2, -0.15) is 0 Å². The Bertz CT molecular complexity index is 610. The van der Waals surface area contributed by atoms with Gasteiger partial charge >= 0.3 is 0 Å². The molecule has 0 atom stereocenters. The third-order valence-electron chi connectivity index (χ3n) is 5.44. The fraction of sp³-hybridized carbons (Fsp3) is 0.636. The molecule has 0 unspecified atom stereocenters. The van der Waals surface area contributed by atoms with Crippen molar-refractivity contribution in [2.45, 2.75) is 45.6 Å². The summed E-state index contributed by atoms with van der Waals surface area (Å²) in [7, 11) is 3.53. The average Bonchev–Trinajstić information content (AvgIpc) is 3.17. The molecule has 0 aromatic heterocycles. The van der Waals surface area contributed by atoms with E-state index >= 15 is 0 Å². The molecule has 1 aliphatic rings. The van der Waals surface area contributed by atoms with Gasteiger partial charge in [0.15, 0.2) is 5.96 Å². The second kappa shape index (κ2) is 11.7. The predicted octanol–water partition coefficient (Wildman–Crippen LogP) is 2.80. The molecule has 6 nitrogen and oxygen atoms in total. The van der Waals surface area contributed by atoms with Crippen molar-refractivity contribution in [1.29, 1.82) is 0 Å². The van der Waals surface area contributed by atoms with E-state index in [1.165, 1.54) is 25.7 Å². The van der Waals surface area contributed by atoms with E-state index in [-0.39, 0.29) is 17.9 Å². The summed E-state index contributed by atoms with van der Waals surface area (Å²) >= 11 is 0. The SMILES string of the molecule is CCOCCC1(CNC(=NCc2ccccc2)NCC(=O)N(C)C)CCCC1. The fourth-order valence-electron chi connectivity index (χ4n) is 3.59. The molecule has 1 saturated carbocycles. The van der Waals surface area contributed by atoms with E-state index < -0.39 is 0 Å². The van der Waals surface area contributed by atoms with E-state index in [2.05, 4.69) is 22.8 Å². The number of carbonyl (C=O) groups excluding carboxylic acids is 1. The average molecular weight is 389 g/mol. The lowest BCUT2D eigenvalue weighted by Crippen LogP contribution is -2.46. The summed E-state index contributed by atoms with van der Waals surface area (Å²) in [4.78, 5) is 18.3. The summed E-state index contributed by atoms with van der Waals surface area (Å²) in [6.07, 6.45) is 6.05. The summed E-state index contributed by atoms with van der Waals surface area (Å²) in [5.41, 5.74) is 1.41. The van der Waals surface area contributed by atoms with Crippen molar-refractivity contribution in [2.24, 2.45) is 10.4 Å². The van der Waals surface area contributed by atoms with Gasteiger partial charge in [-0.1, -0.05) is 43.2 Å². The van der Waals surface area contributed by atoms with Crippen LogP contribution in [0.4, 0.5) is 0 Å². The zero-order valence-corrected chi connectivity index (χ0v) is 17.7. The fourth-order valence-corrected chi connectivity index (χ4v) is 3.59. The molecule has 0 bridgehead atoms. The highest BCUT2D eigenvalue weighted by molar-refractivity contribution is 5.86. The smallest absolute Gasteiger partial charge is 0.241 e. The third-order valence-corrected chi connectivity index (χ3v) is 5.44. The van der Waals surface area contributed by atoms with Crippen LogP contribution < -0.4 is 10.6 Å². The van der Waals surface area contributed by atoms with E-state index in [0.29, 0.717) is 12.5 Å². The Hall–Kier alpha value is -2.08. The molecule has 0 aliphatic heterocycles. The van der Waals surface area contributed by atoms with Gasteiger partial charge in [0.25, 0.3) is 0 Å². The van der Waals surface area contributed by atoms with E-state index in [0.717, 1.165) is 31.7 Å². The third kappa shape index (κ3) is 7.50. The van der Waals surface area contributed by atoms with E-state index in [9.17, 15) is 4.79 Å². The first kappa shape index (κ1) is 22.2. The monoisotopic (exact) mass is 388 g/mol. The molecule has 2 N–H and O–H groups in total. The van der Waals surface area contributed by atoms with Gasteiger partial charge in [0.05, 0.1) is 13.1 Å². The molecule has 28 heavy (non-hydrogen) atoms. The zero-order chi connectivity index (χ0) is 20.2. The predicted molar refractivity (Wildman–Crippen MR) is 114 cm³/mol. The van der Waals surface area contributed by atoms with E-state index in [1.54, 1.807) is 19.0 Å². The number of nitrogens with zero attached hydrogens (tertiary/aromatic N) is 2. The molecule has 1 aromatic carbocycles. The highest BCUT2D eigenvalue weighted by atomic mass is 16.5. The van der Waals surface area contributed by atoms with Crippen molar-refractivity contribution in [3.63, 3.8) is 0 Å². The molecule has 6 heteroatoms. The Labute approximate surface area is 169 Å². The van der Waals surface area contributed by atoms with Gasteiger partial charge < -0.3 is 20.3 Å². The number of ether oxygens (including phenoxy) is 1. The van der Waals surface area contributed by atoms with Gasteiger partial charge in [-0.25, -0.2) is 4.99 Å². The number of hydrogen-bond acceptors (Lipinski definition) is 3. The molecule has 1 fully saturated rings. The van der Waals surface area contributed by atoms with Gasteiger partial charge in [-0.05, 0) is 37.2 Å². The number of amides is 1. The van der Waals surface area contributed by atoms with E-state index in [1.807, 2.05) is 25.1 Å². The lowest BCUT2D eigenvalue weighted by molar-refractivity contribution is -0.127. The van der Waals surface area contributed by atoms with Gasteiger partial charge in [0.2, 0.25) is 5.91 Å². The van der Waals surface area contributed by atoms with E-state index in [4.69, 9.17) is 9.73 Å². The Morgan fingerprint density at radius 1 is 1.18 bits per heavy atom. The minimum absolute atomic E-state index is 0.0288. The molecular weight excluding hydrogens is 352 g/mol. The van der Waals surface area contributed by atoms with Crippen molar-refractivity contribution in [3.05, 3.63) is 35.9 Å². The highest BCUT2D eigenvalue weighted by Crippen LogP contribution is 2.40. The van der Waals surface area contributed by atoms with Crippen LogP contribution in [0.3, 0.4) is 0 Å². The number of rotatable bonds is 10. The molecule has 1 aromatic rings. The number of likely N-dealkylation sites (N-methyl/N-ethyl adjacent to an activating group) is 1. The first-order chi connectivity index (χ1) is 13.5. The second-order valence-corrected chi connectivity index (χ2v) is 7.80. The van der Waals surface area contributed by atoms with Crippen LogP contribution in [-0.2, 0) is 16.1 Å². The first-order valence-corrected chi connectivity index (χ1v) is 10.4. The maximum absolute atomic E-state index is 12.0. The number of guanidine groups is 1. The minimum atomic E-state index is 0.0288. The number of hydrogen-bond donors (Lipinski definition) is 2. The first-order valence-electron chi connectivity index (χ1n) is 10.4. The second-order valence-electron chi connectivity index (χ2n) is 7.80. The number of aliphatic imine (C=N–C) groups is 1. The molecule has 156 valence electrons. The van der Waals surface area contributed by atoms with Crippen LogP contribution in [-0.4, -0.2) is 57.2 Å². The number of carbonyl (C=O) groups is 1. The zero-order valence-electron chi connectivity index (χ0n) is 17.7. The molecule has 0 saturated heterocycles. The maximum Gasteiger partial charge on any atom is 0.241 e. The van der Waals surface area contributed by atoms with Crippen LogP contribution in [0.2, 0.25) is 0 Å². The van der Waals surface area contributed by atoms with Crippen molar-refractivity contribution >= 4 is 11.9 Å². The van der Waals surface area contributed by atoms with Crippen LogP contribution in [0, 0.1) is 5.41 Å². The molecular formula is C22H36N4O2. The van der Waals surface area contributed by atoms with Crippen molar-refractivity contribution in [1.82, 2.24) is 15.5 Å². The van der Waals surface area contributed by atoms with Crippen molar-refractivity contribution in [3.8, 4) is 0 Å². The Morgan fingerprint density at radius 2 is 1.89 bits per heavy atom. The summed E-state index contributed by atoms with van der Waals surface area (Å²) in [6, 6.07) is 10.2. The molecule has 0 heterocycles. The van der Waals surface area contributed by atoms with Crippen LogP contribution in [0.5, 0.6) is 0 Å². The molecule has 0 spiro atoms. The summed E-state index contributed by atoms with van der Waals surface area (Å²) in [5, 5.41) is 6.70. The van der Waals surface area contributed by atoms with Gasteiger partial charge in [-0.3, -0.25) is 4.79 Å². The van der Waals surface area contributed by atoms with Crippen molar-refractivity contribution in [2.75, 3.05) is 40.4 Å². The quantitative estimate of drug-likeness (QED) is 0.367. The molecule has 2 rings (SSSR count). The standard InChI is InChI=1S/C22H36N4O2/c1-4-28-15-14-22(12-8-9-13-22)18-25-21(24-17-20(27)26(2)3)23-16-19-10-6-5-7-11-19/h5-7,10-11H,4,8-9,12-18H2,1-3H3,(H2,23,24,25). The van der Waals surface area contributed by atoms with Crippen molar-refractivity contribution < 1.29 is 9.53 Å². The van der Waals surface area contributed by atoms with Gasteiger partial charge in [-0.15, -0.1) is 0 Å². The van der Waals surface area contributed by atoms with Gasteiger partial charge in [0.1, 0.15) is 0 Å². The Morgan fingerprint density at radius 3 is 2.54 bits per heavy atom. The maximum atomic E-state index is 12.0. The Balaban J connectivity index is 1.99. The molecule has 1 aliphatic carbocycles. The van der Waals surface area contributed by atoms with Crippen LogP contribution in [0.15, 0.2) is 35.3 Å².